The molecule has 2 aromatic carbocycles. The summed E-state index contributed by atoms with van der Waals surface area (Å²) in [7, 11) is -4.31. The van der Waals surface area contributed by atoms with Gasteiger partial charge in [0.25, 0.3) is 0 Å². The molecule has 0 radical (unpaired) electrons. The first-order valence-corrected chi connectivity index (χ1v) is 11.2. The summed E-state index contributed by atoms with van der Waals surface area (Å²) in [5.74, 6) is 0. The summed E-state index contributed by atoms with van der Waals surface area (Å²) < 4.78 is 51.1. The van der Waals surface area contributed by atoms with Gasteiger partial charge in [0.2, 0.25) is 20.0 Å². The number of carbonyl (C=O) groups excluding carboxylic acids is 1. The van der Waals surface area contributed by atoms with Gasteiger partial charge in [-0.25, -0.2) is 31.1 Å². The summed E-state index contributed by atoms with van der Waals surface area (Å²) in [6.07, 6.45) is 0. The van der Waals surface area contributed by atoms with Crippen LogP contribution in [-0.2, 0) is 33.1 Å². The van der Waals surface area contributed by atoms with E-state index in [1.807, 2.05) is 0 Å². The molecule has 2 aromatic rings. The van der Waals surface area contributed by atoms with Gasteiger partial charge < -0.3 is 10.6 Å². The van der Waals surface area contributed by atoms with Gasteiger partial charge in [-0.05, 0) is 49.5 Å². The van der Waals surface area contributed by atoms with E-state index in [9.17, 15) is 21.6 Å². The highest BCUT2D eigenvalue weighted by Gasteiger charge is 2.11. The van der Waals surface area contributed by atoms with Crippen molar-refractivity contribution in [1.29, 1.82) is 0 Å². The molecule has 0 saturated heterocycles. The van der Waals surface area contributed by atoms with E-state index in [-0.39, 0.29) is 22.9 Å². The van der Waals surface area contributed by atoms with E-state index in [0.29, 0.717) is 0 Å². The highest BCUT2D eigenvalue weighted by Crippen LogP contribution is 2.11. The SMILES string of the molecule is CNS(=O)(=O)c1ccc(CNC(=O)NCc2ccc(S(=O)(=O)NC)cc2)cc1. The summed E-state index contributed by atoms with van der Waals surface area (Å²) in [5, 5.41) is 5.33. The summed E-state index contributed by atoms with van der Waals surface area (Å²) >= 11 is 0. The van der Waals surface area contributed by atoms with Crippen molar-refractivity contribution in [3.05, 3.63) is 59.7 Å². The van der Waals surface area contributed by atoms with Crippen LogP contribution in [0, 0.1) is 0 Å². The molecule has 0 aliphatic heterocycles. The predicted molar refractivity (Wildman–Crippen MR) is 104 cm³/mol. The number of rotatable bonds is 8. The molecule has 0 spiro atoms. The molecule has 11 heteroatoms. The van der Waals surface area contributed by atoms with Gasteiger partial charge in [-0.1, -0.05) is 24.3 Å². The molecule has 152 valence electrons. The number of benzene rings is 2. The maximum absolute atomic E-state index is 11.9. The Balaban J connectivity index is 1.85. The first-order chi connectivity index (χ1) is 13.2. The van der Waals surface area contributed by atoms with Crippen LogP contribution in [0.15, 0.2) is 58.3 Å². The van der Waals surface area contributed by atoms with Crippen LogP contribution in [0.2, 0.25) is 0 Å². The van der Waals surface area contributed by atoms with E-state index in [1.165, 1.54) is 38.4 Å². The summed E-state index contributed by atoms with van der Waals surface area (Å²) in [5.41, 5.74) is 1.48. The lowest BCUT2D eigenvalue weighted by atomic mass is 10.2. The third-order valence-corrected chi connectivity index (χ3v) is 6.77. The molecule has 0 bridgehead atoms. The Labute approximate surface area is 164 Å². The molecule has 9 nitrogen and oxygen atoms in total. The molecule has 0 saturated carbocycles. The second-order valence-corrected chi connectivity index (χ2v) is 9.51. The number of carbonyl (C=O) groups is 1. The number of sulfonamides is 2. The quantitative estimate of drug-likeness (QED) is 0.488. The Hall–Kier alpha value is -2.47. The fraction of sp³-hybridized carbons (Fsp3) is 0.235. The van der Waals surface area contributed by atoms with Crippen LogP contribution in [-0.4, -0.2) is 37.0 Å². The molecule has 0 heterocycles. The zero-order valence-corrected chi connectivity index (χ0v) is 17.0. The molecule has 0 aromatic heterocycles. The van der Waals surface area contributed by atoms with Crippen molar-refractivity contribution < 1.29 is 21.6 Å². The van der Waals surface area contributed by atoms with Crippen LogP contribution < -0.4 is 20.1 Å². The monoisotopic (exact) mass is 426 g/mol. The van der Waals surface area contributed by atoms with Gasteiger partial charge >= 0.3 is 6.03 Å². The standard InChI is InChI=1S/C17H22N4O5S2/c1-18-27(23,24)15-7-3-13(4-8-15)11-20-17(22)21-12-14-5-9-16(10-6-14)28(25,26)19-2/h3-10,18-19H,11-12H2,1-2H3,(H2,20,21,22). The van der Waals surface area contributed by atoms with Gasteiger partial charge in [0.05, 0.1) is 9.79 Å². The minimum Gasteiger partial charge on any atom is -0.334 e. The van der Waals surface area contributed by atoms with Gasteiger partial charge in [-0.3, -0.25) is 0 Å². The lowest BCUT2D eigenvalue weighted by molar-refractivity contribution is 0.240. The van der Waals surface area contributed by atoms with E-state index in [4.69, 9.17) is 0 Å². The summed E-state index contributed by atoms with van der Waals surface area (Å²) in [6, 6.07) is 11.9. The zero-order valence-electron chi connectivity index (χ0n) is 15.4. The van der Waals surface area contributed by atoms with Crippen molar-refractivity contribution >= 4 is 26.1 Å². The van der Waals surface area contributed by atoms with Crippen LogP contribution in [0.1, 0.15) is 11.1 Å². The third-order valence-electron chi connectivity index (χ3n) is 3.91. The van der Waals surface area contributed by atoms with Crippen LogP contribution in [0.25, 0.3) is 0 Å². The highest BCUT2D eigenvalue weighted by molar-refractivity contribution is 7.89. The predicted octanol–water partition coefficient (Wildman–Crippen LogP) is 0.502. The Kier molecular flexibility index (Phi) is 7.13. The van der Waals surface area contributed by atoms with Crippen LogP contribution in [0.4, 0.5) is 4.79 Å². The van der Waals surface area contributed by atoms with E-state index in [2.05, 4.69) is 20.1 Å². The summed E-state index contributed by atoms with van der Waals surface area (Å²) in [6.45, 7) is 0.454. The topological polar surface area (TPSA) is 133 Å². The largest absolute Gasteiger partial charge is 0.334 e. The molecule has 0 fully saturated rings. The second kappa shape index (κ2) is 9.15. The maximum Gasteiger partial charge on any atom is 0.315 e. The molecule has 0 aliphatic rings. The van der Waals surface area contributed by atoms with Crippen molar-refractivity contribution in [3.8, 4) is 0 Å². The van der Waals surface area contributed by atoms with E-state index in [1.54, 1.807) is 24.3 Å². The molecule has 2 rings (SSSR count). The fourth-order valence-electron chi connectivity index (χ4n) is 2.24. The molecular formula is C17H22N4O5S2. The maximum atomic E-state index is 11.9. The van der Waals surface area contributed by atoms with Gasteiger partial charge in [0.15, 0.2) is 0 Å². The van der Waals surface area contributed by atoms with Crippen molar-refractivity contribution in [2.75, 3.05) is 14.1 Å². The highest BCUT2D eigenvalue weighted by atomic mass is 32.2. The first-order valence-electron chi connectivity index (χ1n) is 8.24. The molecule has 2 amide bonds. The number of hydrogen-bond acceptors (Lipinski definition) is 5. The molecule has 0 atom stereocenters. The van der Waals surface area contributed by atoms with E-state index < -0.39 is 26.1 Å². The Morgan fingerprint density at radius 1 is 0.679 bits per heavy atom. The fourth-order valence-corrected chi connectivity index (χ4v) is 3.70. The number of amides is 2. The lowest BCUT2D eigenvalue weighted by Crippen LogP contribution is -2.34. The Morgan fingerprint density at radius 3 is 1.29 bits per heavy atom. The van der Waals surface area contributed by atoms with Crippen molar-refractivity contribution in [2.24, 2.45) is 0 Å². The van der Waals surface area contributed by atoms with Crippen molar-refractivity contribution in [1.82, 2.24) is 20.1 Å². The van der Waals surface area contributed by atoms with Crippen LogP contribution >= 0.6 is 0 Å². The van der Waals surface area contributed by atoms with Crippen LogP contribution in [0.5, 0.6) is 0 Å². The average Bonchev–Trinajstić information content (AvgIpc) is 2.71. The summed E-state index contributed by atoms with van der Waals surface area (Å²) in [4.78, 5) is 12.2. The van der Waals surface area contributed by atoms with E-state index in [0.717, 1.165) is 11.1 Å². The van der Waals surface area contributed by atoms with Crippen LogP contribution in [0.3, 0.4) is 0 Å². The Bertz CT molecular complexity index is 935. The number of urea groups is 1. The molecule has 4 N–H and O–H groups in total. The lowest BCUT2D eigenvalue weighted by Gasteiger charge is -2.09. The molecule has 0 unspecified atom stereocenters. The van der Waals surface area contributed by atoms with Gasteiger partial charge in [0.1, 0.15) is 0 Å². The zero-order chi connectivity index (χ0) is 20.8. The van der Waals surface area contributed by atoms with Gasteiger partial charge in [-0.2, -0.15) is 0 Å². The average molecular weight is 427 g/mol. The third kappa shape index (κ3) is 5.76. The van der Waals surface area contributed by atoms with Crippen molar-refractivity contribution in [2.45, 2.75) is 22.9 Å². The molecule has 0 aliphatic carbocycles. The molecular weight excluding hydrogens is 404 g/mol. The number of nitrogens with one attached hydrogen (secondary N) is 4. The minimum absolute atomic E-state index is 0.145. The van der Waals surface area contributed by atoms with Gasteiger partial charge in [0, 0.05) is 13.1 Å². The molecule has 28 heavy (non-hydrogen) atoms. The second-order valence-electron chi connectivity index (χ2n) is 5.74. The first kappa shape index (κ1) is 21.8. The van der Waals surface area contributed by atoms with E-state index >= 15 is 0 Å². The number of hydrogen-bond donors (Lipinski definition) is 4. The minimum atomic E-state index is -3.49. The normalized spacial score (nSPS) is 11.8. The Morgan fingerprint density at radius 2 is 1.00 bits per heavy atom. The van der Waals surface area contributed by atoms with Crippen molar-refractivity contribution in [3.63, 3.8) is 0 Å². The van der Waals surface area contributed by atoms with Gasteiger partial charge in [-0.15, -0.1) is 0 Å². The smallest absolute Gasteiger partial charge is 0.315 e.